The summed E-state index contributed by atoms with van der Waals surface area (Å²) >= 11 is 0. The van der Waals surface area contributed by atoms with E-state index >= 15 is 0 Å². The second-order valence-corrected chi connectivity index (χ2v) is 3.65. The van der Waals surface area contributed by atoms with Crippen LogP contribution in [0.15, 0.2) is 0 Å². The summed E-state index contributed by atoms with van der Waals surface area (Å²) in [6, 6.07) is 0.558. The van der Waals surface area contributed by atoms with Gasteiger partial charge in [0.25, 0.3) is 0 Å². The Morgan fingerprint density at radius 2 is 2.33 bits per heavy atom. The van der Waals surface area contributed by atoms with Gasteiger partial charge in [-0.2, -0.15) is 0 Å². The topological polar surface area (TPSA) is 20.3 Å². The van der Waals surface area contributed by atoms with Crippen LogP contribution in [0.1, 0.15) is 46.0 Å². The molecule has 0 radical (unpaired) electrons. The summed E-state index contributed by atoms with van der Waals surface area (Å²) in [6.07, 6.45) is 6.13. The highest BCUT2D eigenvalue weighted by Gasteiger charge is 2.25. The van der Waals surface area contributed by atoms with Gasteiger partial charge in [-0.05, 0) is 19.3 Å². The van der Waals surface area contributed by atoms with Crippen molar-refractivity contribution in [1.82, 2.24) is 4.90 Å². The maximum atomic E-state index is 11.1. The molecule has 1 atom stereocenters. The molecule has 70 valence electrons. The molecule has 12 heavy (non-hydrogen) atoms. The molecule has 0 aromatic heterocycles. The minimum absolute atomic E-state index is 0.258. The fourth-order valence-corrected chi connectivity index (χ4v) is 1.99. The lowest BCUT2D eigenvalue weighted by atomic mass is 10.1. The quantitative estimate of drug-likeness (QED) is 0.634. The highest BCUT2D eigenvalue weighted by Crippen LogP contribution is 2.21. The molecule has 1 rings (SSSR count). The van der Waals surface area contributed by atoms with Crippen molar-refractivity contribution in [3.8, 4) is 0 Å². The maximum absolute atomic E-state index is 11.1. The second kappa shape index (κ2) is 4.48. The van der Waals surface area contributed by atoms with Gasteiger partial charge in [-0.3, -0.25) is 4.79 Å². The lowest BCUT2D eigenvalue weighted by molar-refractivity contribution is -0.129. The van der Waals surface area contributed by atoms with Crippen LogP contribution < -0.4 is 0 Å². The van der Waals surface area contributed by atoms with Crippen LogP contribution in [0.4, 0.5) is 0 Å². The van der Waals surface area contributed by atoms with E-state index in [1.165, 1.54) is 32.1 Å². The first kappa shape index (κ1) is 9.56. The van der Waals surface area contributed by atoms with E-state index in [-0.39, 0.29) is 5.91 Å². The average molecular weight is 169 g/mol. The summed E-state index contributed by atoms with van der Waals surface area (Å²) in [5, 5.41) is 0. The third-order valence-corrected chi connectivity index (χ3v) is 2.67. The van der Waals surface area contributed by atoms with Crippen molar-refractivity contribution in [1.29, 1.82) is 0 Å². The smallest absolute Gasteiger partial charge is 0.219 e. The average Bonchev–Trinajstić information content (AvgIpc) is 2.48. The van der Waals surface area contributed by atoms with Gasteiger partial charge in [-0.25, -0.2) is 0 Å². The molecule has 1 amide bonds. The van der Waals surface area contributed by atoms with Gasteiger partial charge in [-0.1, -0.05) is 19.8 Å². The van der Waals surface area contributed by atoms with Crippen molar-refractivity contribution in [2.75, 3.05) is 6.54 Å². The number of hydrogen-bond acceptors (Lipinski definition) is 1. The van der Waals surface area contributed by atoms with Crippen LogP contribution in [0.2, 0.25) is 0 Å². The number of likely N-dealkylation sites (tertiary alicyclic amines) is 1. The fraction of sp³-hybridized carbons (Fsp3) is 0.900. The molecule has 0 aromatic carbocycles. The first-order chi connectivity index (χ1) is 5.75. The van der Waals surface area contributed by atoms with Crippen molar-refractivity contribution < 1.29 is 4.79 Å². The molecule has 1 heterocycles. The Kier molecular flexibility index (Phi) is 3.57. The van der Waals surface area contributed by atoms with Crippen LogP contribution in [0.3, 0.4) is 0 Å². The van der Waals surface area contributed by atoms with E-state index in [4.69, 9.17) is 0 Å². The van der Waals surface area contributed by atoms with Crippen molar-refractivity contribution in [3.05, 3.63) is 0 Å². The molecular weight excluding hydrogens is 150 g/mol. The van der Waals surface area contributed by atoms with Crippen LogP contribution in [-0.4, -0.2) is 23.4 Å². The van der Waals surface area contributed by atoms with Gasteiger partial charge in [0.1, 0.15) is 0 Å². The molecule has 0 saturated carbocycles. The number of carbonyl (C=O) groups is 1. The van der Waals surface area contributed by atoms with Gasteiger partial charge in [0.05, 0.1) is 0 Å². The fourth-order valence-electron chi connectivity index (χ4n) is 1.99. The maximum Gasteiger partial charge on any atom is 0.219 e. The molecule has 1 saturated heterocycles. The zero-order valence-electron chi connectivity index (χ0n) is 8.18. The number of nitrogens with zero attached hydrogens (tertiary/aromatic N) is 1. The first-order valence-electron chi connectivity index (χ1n) is 5.03. The normalized spacial score (nSPS) is 23.2. The zero-order chi connectivity index (χ0) is 8.97. The Balaban J connectivity index is 2.35. The third-order valence-electron chi connectivity index (χ3n) is 2.67. The van der Waals surface area contributed by atoms with E-state index in [1.807, 2.05) is 4.90 Å². The Morgan fingerprint density at radius 1 is 1.58 bits per heavy atom. The minimum atomic E-state index is 0.258. The Bertz CT molecular complexity index is 156. The number of rotatable bonds is 3. The predicted octanol–water partition coefficient (Wildman–Crippen LogP) is 2.19. The van der Waals surface area contributed by atoms with Gasteiger partial charge in [0.2, 0.25) is 5.91 Å². The lowest BCUT2D eigenvalue weighted by Gasteiger charge is -2.22. The van der Waals surface area contributed by atoms with Crippen LogP contribution in [0.5, 0.6) is 0 Å². The van der Waals surface area contributed by atoms with Crippen molar-refractivity contribution >= 4 is 5.91 Å². The largest absolute Gasteiger partial charge is 0.340 e. The molecule has 1 fully saturated rings. The number of hydrogen-bond donors (Lipinski definition) is 0. The molecule has 1 unspecified atom stereocenters. The summed E-state index contributed by atoms with van der Waals surface area (Å²) in [6.45, 7) is 4.88. The molecular formula is C10H19NO. The zero-order valence-corrected chi connectivity index (χ0v) is 8.18. The Morgan fingerprint density at radius 3 is 2.92 bits per heavy atom. The number of amides is 1. The SMILES string of the molecule is CCCCC1CCCN1C(C)=O. The first-order valence-corrected chi connectivity index (χ1v) is 5.03. The predicted molar refractivity (Wildman–Crippen MR) is 49.9 cm³/mol. The summed E-state index contributed by atoms with van der Waals surface area (Å²) in [5.41, 5.74) is 0. The van der Waals surface area contributed by atoms with Crippen LogP contribution in [-0.2, 0) is 4.79 Å². The third kappa shape index (κ3) is 2.23. The standard InChI is InChI=1S/C10H19NO/c1-3-4-6-10-7-5-8-11(10)9(2)12/h10H,3-8H2,1-2H3. The molecule has 2 nitrogen and oxygen atoms in total. The van der Waals surface area contributed by atoms with Gasteiger partial charge in [0, 0.05) is 19.5 Å². The molecule has 1 aliphatic rings. The monoisotopic (exact) mass is 169 g/mol. The number of carbonyl (C=O) groups excluding carboxylic acids is 1. The highest BCUT2D eigenvalue weighted by atomic mass is 16.2. The molecule has 0 aliphatic carbocycles. The van der Waals surface area contributed by atoms with Crippen molar-refractivity contribution in [3.63, 3.8) is 0 Å². The second-order valence-electron chi connectivity index (χ2n) is 3.65. The summed E-state index contributed by atoms with van der Waals surface area (Å²) in [7, 11) is 0. The van der Waals surface area contributed by atoms with E-state index in [0.29, 0.717) is 6.04 Å². The van der Waals surface area contributed by atoms with E-state index in [0.717, 1.165) is 6.54 Å². The molecule has 2 heteroatoms. The number of unbranched alkanes of at least 4 members (excludes halogenated alkanes) is 1. The van der Waals surface area contributed by atoms with E-state index in [1.54, 1.807) is 6.92 Å². The lowest BCUT2D eigenvalue weighted by Crippen LogP contribution is -2.33. The van der Waals surface area contributed by atoms with Crippen LogP contribution >= 0.6 is 0 Å². The molecule has 0 spiro atoms. The van der Waals surface area contributed by atoms with Crippen LogP contribution in [0.25, 0.3) is 0 Å². The van der Waals surface area contributed by atoms with Gasteiger partial charge in [-0.15, -0.1) is 0 Å². The molecule has 0 N–H and O–H groups in total. The van der Waals surface area contributed by atoms with E-state index in [2.05, 4.69) is 6.92 Å². The Hall–Kier alpha value is -0.530. The molecule has 1 aliphatic heterocycles. The minimum Gasteiger partial charge on any atom is -0.340 e. The van der Waals surface area contributed by atoms with Gasteiger partial charge in [0.15, 0.2) is 0 Å². The molecule has 0 aromatic rings. The molecule has 0 bridgehead atoms. The summed E-state index contributed by atoms with van der Waals surface area (Å²) < 4.78 is 0. The van der Waals surface area contributed by atoms with Crippen molar-refractivity contribution in [2.45, 2.75) is 52.0 Å². The van der Waals surface area contributed by atoms with E-state index < -0.39 is 0 Å². The van der Waals surface area contributed by atoms with Crippen molar-refractivity contribution in [2.24, 2.45) is 0 Å². The Labute approximate surface area is 74.9 Å². The summed E-state index contributed by atoms with van der Waals surface area (Å²) in [4.78, 5) is 13.2. The van der Waals surface area contributed by atoms with Gasteiger partial charge < -0.3 is 4.90 Å². The van der Waals surface area contributed by atoms with Gasteiger partial charge >= 0.3 is 0 Å². The van der Waals surface area contributed by atoms with Crippen LogP contribution in [0, 0.1) is 0 Å². The van der Waals surface area contributed by atoms with E-state index in [9.17, 15) is 4.79 Å². The summed E-state index contributed by atoms with van der Waals surface area (Å²) in [5.74, 6) is 0.258. The highest BCUT2D eigenvalue weighted by molar-refractivity contribution is 5.73.